The summed E-state index contributed by atoms with van der Waals surface area (Å²) in [5.74, 6) is 0. The average Bonchev–Trinajstić information content (AvgIpc) is 2.91. The minimum absolute atomic E-state index is 0. The van der Waals surface area contributed by atoms with Crippen molar-refractivity contribution in [2.24, 2.45) is 0 Å². The fourth-order valence-corrected chi connectivity index (χ4v) is 4.10. The molecule has 0 aliphatic carbocycles. The van der Waals surface area contributed by atoms with E-state index in [4.69, 9.17) is 49.7 Å². The van der Waals surface area contributed by atoms with E-state index in [2.05, 4.69) is 48.5 Å². The van der Waals surface area contributed by atoms with Crippen LogP contribution in [0, 0.1) is 0 Å². The van der Waals surface area contributed by atoms with Crippen LogP contribution < -0.4 is 0 Å². The van der Waals surface area contributed by atoms with Crippen LogP contribution in [0.25, 0.3) is 0 Å². The standard InChI is InChI=1S/2C15H15NS2.Pt/c2*17-15(18)16(11-13-7-3-1-4-8-13)12-14-9-5-2-6-10-14;/h2*1-10H,11-12H2,(H,17,18);/q;;+2/p-2. The Morgan fingerprint density at radius 2 is 0.622 bits per heavy atom. The van der Waals surface area contributed by atoms with Gasteiger partial charge in [0.1, 0.15) is 0 Å². The summed E-state index contributed by atoms with van der Waals surface area (Å²) < 4.78 is 1.03. The maximum Gasteiger partial charge on any atom is 2.00 e. The van der Waals surface area contributed by atoms with Gasteiger partial charge in [0.25, 0.3) is 0 Å². The minimum Gasteiger partial charge on any atom is -0.411 e. The van der Waals surface area contributed by atoms with Gasteiger partial charge < -0.3 is 59.5 Å². The molecular formula is C30H28N2PtS4. The summed E-state index contributed by atoms with van der Waals surface area (Å²) in [6, 6.07) is 41.0. The molecule has 0 amide bonds. The molecule has 192 valence electrons. The van der Waals surface area contributed by atoms with Crippen molar-refractivity contribution in [3.8, 4) is 0 Å². The molecule has 0 saturated heterocycles. The van der Waals surface area contributed by atoms with Gasteiger partial charge >= 0.3 is 21.1 Å². The first-order chi connectivity index (χ1) is 17.5. The number of thiocarbonyl (C=S) groups is 2. The second kappa shape index (κ2) is 17.3. The van der Waals surface area contributed by atoms with Crippen molar-refractivity contribution < 1.29 is 21.1 Å². The number of hydrogen-bond acceptors (Lipinski definition) is 4. The van der Waals surface area contributed by atoms with Crippen molar-refractivity contribution >= 4 is 58.3 Å². The summed E-state index contributed by atoms with van der Waals surface area (Å²) in [5.41, 5.74) is 4.89. The Balaban J connectivity index is 0.000000253. The van der Waals surface area contributed by atoms with E-state index in [1.807, 2.05) is 82.6 Å². The second-order valence-corrected chi connectivity index (χ2v) is 10.2. The first-order valence-corrected chi connectivity index (χ1v) is 13.2. The van der Waals surface area contributed by atoms with Gasteiger partial charge in [-0.25, -0.2) is 0 Å². The number of benzene rings is 4. The van der Waals surface area contributed by atoms with Gasteiger partial charge in [0.05, 0.1) is 0 Å². The minimum atomic E-state index is 0. The van der Waals surface area contributed by atoms with Gasteiger partial charge in [0.2, 0.25) is 0 Å². The molecule has 4 rings (SSSR count). The van der Waals surface area contributed by atoms with E-state index in [1.54, 1.807) is 0 Å². The third kappa shape index (κ3) is 11.8. The molecule has 0 spiro atoms. The van der Waals surface area contributed by atoms with Crippen molar-refractivity contribution in [3.63, 3.8) is 0 Å². The molecule has 0 saturated carbocycles. The largest absolute Gasteiger partial charge is 2.00 e. The van der Waals surface area contributed by atoms with Crippen molar-refractivity contribution in [3.05, 3.63) is 144 Å². The Kier molecular flexibility index (Phi) is 14.5. The molecule has 7 heteroatoms. The van der Waals surface area contributed by atoms with E-state index in [1.165, 1.54) is 22.3 Å². The van der Waals surface area contributed by atoms with Crippen LogP contribution in [0.3, 0.4) is 0 Å². The Hall–Kier alpha value is -2.21. The van der Waals surface area contributed by atoms with Crippen LogP contribution in [0.5, 0.6) is 0 Å². The molecule has 0 atom stereocenters. The summed E-state index contributed by atoms with van der Waals surface area (Å²) in [7, 11) is 0. The van der Waals surface area contributed by atoms with Gasteiger partial charge in [-0.05, 0) is 22.3 Å². The summed E-state index contributed by atoms with van der Waals surface area (Å²) in [4.78, 5) is 4.07. The van der Waals surface area contributed by atoms with Gasteiger partial charge in [-0.15, -0.1) is 0 Å². The molecule has 0 bridgehead atoms. The quantitative estimate of drug-likeness (QED) is 0.140. The summed E-state index contributed by atoms with van der Waals surface area (Å²) >= 11 is 20.6. The third-order valence-corrected chi connectivity index (χ3v) is 6.41. The SMILES string of the molecule is S=C([S-])N(Cc1ccccc1)Cc1ccccc1.S=C([S-])N(Cc1ccccc1)Cc1ccccc1.[Pt+2]. The fourth-order valence-electron chi connectivity index (χ4n) is 3.59. The third-order valence-electron chi connectivity index (χ3n) is 5.38. The zero-order valence-corrected chi connectivity index (χ0v) is 25.8. The Morgan fingerprint density at radius 3 is 0.784 bits per heavy atom. The van der Waals surface area contributed by atoms with Crippen LogP contribution in [-0.4, -0.2) is 18.4 Å². The smallest absolute Gasteiger partial charge is 0.411 e. The number of hydrogen-bond donors (Lipinski definition) is 0. The van der Waals surface area contributed by atoms with Crippen LogP contribution >= 0.6 is 24.4 Å². The molecule has 0 radical (unpaired) electrons. The van der Waals surface area contributed by atoms with Crippen molar-refractivity contribution in [2.75, 3.05) is 0 Å². The number of nitrogens with zero attached hydrogens (tertiary/aromatic N) is 2. The molecule has 2 nitrogen and oxygen atoms in total. The molecule has 0 heterocycles. The van der Waals surface area contributed by atoms with Gasteiger partial charge in [0, 0.05) is 26.2 Å². The first-order valence-electron chi connectivity index (χ1n) is 11.6. The zero-order valence-electron chi connectivity index (χ0n) is 20.2. The van der Waals surface area contributed by atoms with E-state index in [0.717, 1.165) is 26.2 Å². The van der Waals surface area contributed by atoms with E-state index in [0.29, 0.717) is 8.64 Å². The number of rotatable bonds is 8. The topological polar surface area (TPSA) is 6.48 Å². The van der Waals surface area contributed by atoms with E-state index >= 15 is 0 Å². The monoisotopic (exact) mass is 739 g/mol. The maximum absolute atomic E-state index is 5.16. The van der Waals surface area contributed by atoms with E-state index in [-0.39, 0.29) is 21.1 Å². The van der Waals surface area contributed by atoms with Crippen molar-refractivity contribution in [1.82, 2.24) is 9.80 Å². The first kappa shape index (κ1) is 31.0. The molecule has 4 aromatic rings. The van der Waals surface area contributed by atoms with Crippen LogP contribution in [0.2, 0.25) is 0 Å². The zero-order chi connectivity index (χ0) is 25.6. The molecule has 0 aromatic heterocycles. The van der Waals surface area contributed by atoms with Crippen molar-refractivity contribution in [2.45, 2.75) is 26.2 Å². The molecule has 0 fully saturated rings. The van der Waals surface area contributed by atoms with Crippen LogP contribution in [-0.2, 0) is 72.5 Å². The van der Waals surface area contributed by atoms with Crippen LogP contribution in [0.1, 0.15) is 22.3 Å². The van der Waals surface area contributed by atoms with Gasteiger partial charge in [-0.3, -0.25) is 0 Å². The van der Waals surface area contributed by atoms with Gasteiger partial charge in [-0.1, -0.05) is 130 Å². The second-order valence-electron chi connectivity index (χ2n) is 8.19. The maximum atomic E-state index is 5.16. The molecule has 0 unspecified atom stereocenters. The van der Waals surface area contributed by atoms with Gasteiger partial charge in [0.15, 0.2) is 0 Å². The molecule has 0 aliphatic rings. The molecule has 0 N–H and O–H groups in total. The van der Waals surface area contributed by atoms with E-state index < -0.39 is 0 Å². The van der Waals surface area contributed by atoms with Crippen LogP contribution in [0.15, 0.2) is 121 Å². The molecule has 0 aliphatic heterocycles. The predicted octanol–water partition coefficient (Wildman–Crippen LogP) is 7.04. The predicted molar refractivity (Wildman–Crippen MR) is 164 cm³/mol. The Morgan fingerprint density at radius 1 is 0.432 bits per heavy atom. The molecular weight excluding hydrogens is 712 g/mol. The average molecular weight is 740 g/mol. The Bertz CT molecular complexity index is 1010. The summed E-state index contributed by atoms with van der Waals surface area (Å²) in [6.07, 6.45) is 0. The normalized spacial score (nSPS) is 9.73. The van der Waals surface area contributed by atoms with Crippen molar-refractivity contribution in [1.29, 1.82) is 0 Å². The molecule has 4 aromatic carbocycles. The van der Waals surface area contributed by atoms with Gasteiger partial charge in [-0.2, -0.15) is 0 Å². The summed E-state index contributed by atoms with van der Waals surface area (Å²) in [5, 5.41) is 0. The molecule has 37 heavy (non-hydrogen) atoms. The Labute approximate surface area is 257 Å². The van der Waals surface area contributed by atoms with E-state index in [9.17, 15) is 0 Å². The summed E-state index contributed by atoms with van der Waals surface area (Å²) in [6.45, 7) is 3.05. The van der Waals surface area contributed by atoms with Crippen LogP contribution in [0.4, 0.5) is 0 Å². The fraction of sp³-hybridized carbons (Fsp3) is 0.133.